The van der Waals surface area contributed by atoms with Gasteiger partial charge in [-0.3, -0.25) is 0 Å². The topological polar surface area (TPSA) is 49.7 Å². The molecule has 1 aliphatic heterocycles. The SMILES string of the molecule is c1ccc2c(C3CN(CCCn4nccn4)C3)c[nH]c2c1. The molecule has 3 aromatic rings. The lowest BCUT2D eigenvalue weighted by Gasteiger charge is -2.39. The molecule has 3 heterocycles. The molecular formula is C16H19N5. The summed E-state index contributed by atoms with van der Waals surface area (Å²) in [6.07, 6.45) is 6.75. The van der Waals surface area contributed by atoms with Crippen LogP contribution in [0.2, 0.25) is 0 Å². The van der Waals surface area contributed by atoms with E-state index in [4.69, 9.17) is 0 Å². The van der Waals surface area contributed by atoms with Crippen molar-refractivity contribution in [3.8, 4) is 0 Å². The van der Waals surface area contributed by atoms with E-state index in [0.29, 0.717) is 5.92 Å². The number of aromatic amines is 1. The number of aryl methyl sites for hydroxylation is 1. The second-order valence-corrected chi connectivity index (χ2v) is 5.72. The number of likely N-dealkylation sites (tertiary alicyclic amines) is 1. The maximum Gasteiger partial charge on any atom is 0.0693 e. The van der Waals surface area contributed by atoms with Crippen molar-refractivity contribution in [3.63, 3.8) is 0 Å². The van der Waals surface area contributed by atoms with Crippen LogP contribution in [0, 0.1) is 0 Å². The molecule has 108 valence electrons. The van der Waals surface area contributed by atoms with E-state index in [1.54, 1.807) is 17.2 Å². The van der Waals surface area contributed by atoms with Crippen LogP contribution in [-0.4, -0.2) is 44.5 Å². The average molecular weight is 281 g/mol. The van der Waals surface area contributed by atoms with Gasteiger partial charge in [0.25, 0.3) is 0 Å². The first-order valence-electron chi connectivity index (χ1n) is 7.52. The molecule has 0 radical (unpaired) electrons. The van der Waals surface area contributed by atoms with Crippen LogP contribution in [0.5, 0.6) is 0 Å². The molecule has 0 atom stereocenters. The van der Waals surface area contributed by atoms with Gasteiger partial charge in [0.05, 0.1) is 18.9 Å². The first-order valence-corrected chi connectivity index (χ1v) is 7.52. The lowest BCUT2D eigenvalue weighted by molar-refractivity contribution is 0.144. The monoisotopic (exact) mass is 281 g/mol. The van der Waals surface area contributed by atoms with Gasteiger partial charge in [0.1, 0.15) is 0 Å². The highest BCUT2D eigenvalue weighted by Crippen LogP contribution is 2.32. The van der Waals surface area contributed by atoms with E-state index in [1.807, 2.05) is 0 Å². The highest BCUT2D eigenvalue weighted by molar-refractivity contribution is 5.83. The Morgan fingerprint density at radius 3 is 2.76 bits per heavy atom. The van der Waals surface area contributed by atoms with E-state index in [-0.39, 0.29) is 0 Å². The van der Waals surface area contributed by atoms with Crippen molar-refractivity contribution in [2.45, 2.75) is 18.9 Å². The predicted octanol–water partition coefficient (Wildman–Crippen LogP) is 2.25. The highest BCUT2D eigenvalue weighted by Gasteiger charge is 2.29. The van der Waals surface area contributed by atoms with Crippen molar-refractivity contribution in [2.75, 3.05) is 19.6 Å². The van der Waals surface area contributed by atoms with Gasteiger partial charge >= 0.3 is 0 Å². The normalized spacial score (nSPS) is 16.4. The Morgan fingerprint density at radius 2 is 1.90 bits per heavy atom. The fraction of sp³-hybridized carbons (Fsp3) is 0.375. The van der Waals surface area contributed by atoms with Gasteiger partial charge in [-0.25, -0.2) is 0 Å². The quantitative estimate of drug-likeness (QED) is 0.780. The van der Waals surface area contributed by atoms with Crippen LogP contribution >= 0.6 is 0 Å². The Balaban J connectivity index is 1.31. The largest absolute Gasteiger partial charge is 0.361 e. The third-order valence-electron chi connectivity index (χ3n) is 4.32. The van der Waals surface area contributed by atoms with Gasteiger partial charge in [-0.1, -0.05) is 18.2 Å². The zero-order valence-corrected chi connectivity index (χ0v) is 11.9. The van der Waals surface area contributed by atoms with Crippen LogP contribution in [0.25, 0.3) is 10.9 Å². The number of hydrogen-bond acceptors (Lipinski definition) is 3. The van der Waals surface area contributed by atoms with Crippen LogP contribution in [0.3, 0.4) is 0 Å². The van der Waals surface area contributed by atoms with Crippen LogP contribution in [0.1, 0.15) is 17.9 Å². The van der Waals surface area contributed by atoms with Crippen molar-refractivity contribution < 1.29 is 0 Å². The molecule has 1 aromatic carbocycles. The van der Waals surface area contributed by atoms with Gasteiger partial charge in [0.2, 0.25) is 0 Å². The fourth-order valence-corrected chi connectivity index (χ4v) is 3.18. The second-order valence-electron chi connectivity index (χ2n) is 5.72. The third kappa shape index (κ3) is 2.45. The molecule has 0 bridgehead atoms. The molecule has 1 saturated heterocycles. The number of nitrogens with zero attached hydrogens (tertiary/aromatic N) is 4. The summed E-state index contributed by atoms with van der Waals surface area (Å²) in [7, 11) is 0. The minimum Gasteiger partial charge on any atom is -0.361 e. The molecule has 1 N–H and O–H groups in total. The molecule has 1 aliphatic rings. The van der Waals surface area contributed by atoms with E-state index in [0.717, 1.165) is 32.6 Å². The number of para-hydroxylation sites is 1. The lowest BCUT2D eigenvalue weighted by Crippen LogP contribution is -2.45. The molecule has 2 aromatic heterocycles. The van der Waals surface area contributed by atoms with Crippen LogP contribution in [-0.2, 0) is 6.54 Å². The van der Waals surface area contributed by atoms with E-state index in [2.05, 4.69) is 50.5 Å². The van der Waals surface area contributed by atoms with E-state index in [9.17, 15) is 0 Å². The van der Waals surface area contributed by atoms with Crippen molar-refractivity contribution in [2.24, 2.45) is 0 Å². The van der Waals surface area contributed by atoms with Gasteiger partial charge < -0.3 is 9.88 Å². The summed E-state index contributed by atoms with van der Waals surface area (Å²) in [6.45, 7) is 4.35. The lowest BCUT2D eigenvalue weighted by atomic mass is 9.91. The minimum atomic E-state index is 0.670. The van der Waals surface area contributed by atoms with Gasteiger partial charge in [0.15, 0.2) is 0 Å². The van der Waals surface area contributed by atoms with Gasteiger partial charge in [-0.2, -0.15) is 15.0 Å². The van der Waals surface area contributed by atoms with Crippen molar-refractivity contribution >= 4 is 10.9 Å². The molecule has 21 heavy (non-hydrogen) atoms. The predicted molar refractivity (Wildman–Crippen MR) is 82.1 cm³/mol. The number of fused-ring (bicyclic) bond motifs is 1. The maximum absolute atomic E-state index is 4.13. The Bertz CT molecular complexity index is 709. The Labute approximate surface area is 123 Å². The summed E-state index contributed by atoms with van der Waals surface area (Å²) < 4.78 is 0. The minimum absolute atomic E-state index is 0.670. The van der Waals surface area contributed by atoms with Crippen molar-refractivity contribution in [1.29, 1.82) is 0 Å². The zero-order chi connectivity index (χ0) is 14.1. The summed E-state index contributed by atoms with van der Waals surface area (Å²) in [5.74, 6) is 0.670. The standard InChI is InChI=1S/C16H19N5/c1-2-5-16-14(4-1)15(10-17-16)13-11-20(12-13)8-3-9-21-18-6-7-19-21/h1-2,4-7,10,13,17H,3,8-9,11-12H2. The summed E-state index contributed by atoms with van der Waals surface area (Å²) in [4.78, 5) is 7.65. The number of H-pyrrole nitrogens is 1. The van der Waals surface area contributed by atoms with Crippen molar-refractivity contribution in [3.05, 3.63) is 48.4 Å². The fourth-order valence-electron chi connectivity index (χ4n) is 3.18. The summed E-state index contributed by atoms with van der Waals surface area (Å²) in [5.41, 5.74) is 2.71. The first-order chi connectivity index (χ1) is 10.4. The van der Waals surface area contributed by atoms with E-state index < -0.39 is 0 Å². The number of rotatable bonds is 5. The molecule has 0 spiro atoms. The summed E-state index contributed by atoms with van der Waals surface area (Å²) >= 11 is 0. The molecule has 0 aliphatic carbocycles. The summed E-state index contributed by atoms with van der Waals surface area (Å²) in [5, 5.41) is 9.64. The smallest absolute Gasteiger partial charge is 0.0693 e. The second kappa shape index (κ2) is 5.33. The summed E-state index contributed by atoms with van der Waals surface area (Å²) in [6, 6.07) is 8.56. The van der Waals surface area contributed by atoms with Gasteiger partial charge in [-0.15, -0.1) is 0 Å². The third-order valence-corrected chi connectivity index (χ3v) is 4.32. The average Bonchev–Trinajstić information content (AvgIpc) is 3.11. The van der Waals surface area contributed by atoms with Crippen LogP contribution in [0.4, 0.5) is 0 Å². The van der Waals surface area contributed by atoms with Crippen LogP contribution < -0.4 is 0 Å². The molecule has 5 heteroatoms. The molecule has 0 unspecified atom stereocenters. The Morgan fingerprint density at radius 1 is 1.10 bits per heavy atom. The number of aromatic nitrogens is 4. The molecular weight excluding hydrogens is 262 g/mol. The van der Waals surface area contributed by atoms with E-state index in [1.165, 1.54) is 16.5 Å². The van der Waals surface area contributed by atoms with E-state index >= 15 is 0 Å². The number of benzene rings is 1. The Hall–Kier alpha value is -2.14. The molecule has 0 saturated carbocycles. The highest BCUT2D eigenvalue weighted by atomic mass is 15.5. The number of nitrogens with one attached hydrogen (secondary N) is 1. The Kier molecular flexibility index (Phi) is 3.20. The molecule has 5 nitrogen and oxygen atoms in total. The van der Waals surface area contributed by atoms with Crippen LogP contribution in [0.15, 0.2) is 42.9 Å². The first kappa shape index (κ1) is 12.6. The maximum atomic E-state index is 4.13. The van der Waals surface area contributed by atoms with Gasteiger partial charge in [-0.05, 0) is 18.1 Å². The molecule has 1 fully saturated rings. The van der Waals surface area contributed by atoms with Crippen molar-refractivity contribution in [1.82, 2.24) is 24.9 Å². The van der Waals surface area contributed by atoms with Gasteiger partial charge in [0, 0.05) is 42.7 Å². The zero-order valence-electron chi connectivity index (χ0n) is 11.9. The number of hydrogen-bond donors (Lipinski definition) is 1. The molecule has 4 rings (SSSR count). The molecule has 0 amide bonds.